The molecule has 0 aromatic heterocycles. The number of thioether (sulfide) groups is 1. The molecule has 1 atom stereocenters. The second-order valence-electron chi connectivity index (χ2n) is 6.59. The fraction of sp³-hybridized carbons (Fsp3) is 0.588. The summed E-state index contributed by atoms with van der Waals surface area (Å²) in [5, 5.41) is 0. The Morgan fingerprint density at radius 3 is 2.64 bits per heavy atom. The van der Waals surface area contributed by atoms with Gasteiger partial charge in [0.2, 0.25) is 0 Å². The summed E-state index contributed by atoms with van der Waals surface area (Å²) in [5.74, 6) is 0.586. The van der Waals surface area contributed by atoms with Gasteiger partial charge in [0.05, 0.1) is 0 Å². The predicted molar refractivity (Wildman–Crippen MR) is 87.7 cm³/mol. The van der Waals surface area contributed by atoms with Crippen LogP contribution in [-0.2, 0) is 4.74 Å². The molecule has 1 aliphatic rings. The van der Waals surface area contributed by atoms with Crippen LogP contribution in [0.5, 0.6) is 0 Å². The lowest BCUT2D eigenvalue weighted by molar-refractivity contribution is 0.0126. The van der Waals surface area contributed by atoms with Gasteiger partial charge < -0.3 is 9.64 Å². The van der Waals surface area contributed by atoms with Gasteiger partial charge in [0.25, 0.3) is 0 Å². The lowest BCUT2D eigenvalue weighted by Gasteiger charge is -2.36. The van der Waals surface area contributed by atoms with Crippen molar-refractivity contribution in [3.8, 4) is 0 Å². The molecule has 0 aliphatic carbocycles. The lowest BCUT2D eigenvalue weighted by Crippen LogP contribution is -2.47. The third-order valence-electron chi connectivity index (χ3n) is 3.51. The zero-order valence-corrected chi connectivity index (χ0v) is 14.3. The smallest absolute Gasteiger partial charge is 0.410 e. The Morgan fingerprint density at radius 1 is 1.32 bits per heavy atom. The van der Waals surface area contributed by atoms with Crippen molar-refractivity contribution in [2.75, 3.05) is 12.3 Å². The van der Waals surface area contributed by atoms with E-state index in [1.165, 1.54) is 12.1 Å². The number of ether oxygens (including phenoxy) is 1. The Bertz CT molecular complexity index is 498. The third kappa shape index (κ3) is 5.20. The van der Waals surface area contributed by atoms with Gasteiger partial charge in [-0.3, -0.25) is 0 Å². The number of hydrogen-bond acceptors (Lipinski definition) is 3. The Hall–Kier alpha value is -1.23. The minimum atomic E-state index is -0.469. The van der Waals surface area contributed by atoms with Crippen molar-refractivity contribution < 1.29 is 13.9 Å². The van der Waals surface area contributed by atoms with Crippen molar-refractivity contribution in [2.24, 2.45) is 0 Å². The van der Waals surface area contributed by atoms with Crippen LogP contribution in [0.15, 0.2) is 29.2 Å². The summed E-state index contributed by atoms with van der Waals surface area (Å²) in [7, 11) is 0. The maximum atomic E-state index is 12.9. The molecule has 1 unspecified atom stereocenters. The molecule has 1 aromatic carbocycles. The largest absolute Gasteiger partial charge is 0.444 e. The van der Waals surface area contributed by atoms with Gasteiger partial charge in [0.1, 0.15) is 11.4 Å². The molecule has 122 valence electrons. The summed E-state index contributed by atoms with van der Waals surface area (Å²) >= 11 is 1.66. The van der Waals surface area contributed by atoms with Crippen LogP contribution < -0.4 is 0 Å². The highest BCUT2D eigenvalue weighted by molar-refractivity contribution is 7.99. The van der Waals surface area contributed by atoms with Gasteiger partial charge in [0.15, 0.2) is 0 Å². The standard InChI is InChI=1S/C17H24FNO2S/c1-17(2,3)21-16(20)19-11-5-4-6-14(19)12-22-15-9-7-13(18)8-10-15/h7-10,14H,4-6,11-12H2,1-3H3. The number of carbonyl (C=O) groups is 1. The monoisotopic (exact) mass is 325 g/mol. The van der Waals surface area contributed by atoms with Crippen LogP contribution in [0.3, 0.4) is 0 Å². The van der Waals surface area contributed by atoms with Crippen LogP contribution in [0.2, 0.25) is 0 Å². The maximum Gasteiger partial charge on any atom is 0.410 e. The molecule has 1 saturated heterocycles. The van der Waals surface area contributed by atoms with Crippen LogP contribution in [0.25, 0.3) is 0 Å². The molecule has 2 rings (SSSR count). The van der Waals surface area contributed by atoms with Crippen LogP contribution >= 0.6 is 11.8 Å². The lowest BCUT2D eigenvalue weighted by atomic mass is 10.0. The van der Waals surface area contributed by atoms with Gasteiger partial charge in [-0.05, 0) is 64.3 Å². The molecular formula is C17H24FNO2S. The van der Waals surface area contributed by atoms with Crippen molar-refractivity contribution in [2.45, 2.75) is 56.6 Å². The van der Waals surface area contributed by atoms with Crippen molar-refractivity contribution in [1.29, 1.82) is 0 Å². The summed E-state index contributed by atoms with van der Waals surface area (Å²) in [6.07, 6.45) is 2.93. The minimum absolute atomic E-state index is 0.179. The molecule has 0 saturated carbocycles. The van der Waals surface area contributed by atoms with E-state index in [2.05, 4.69) is 0 Å². The number of benzene rings is 1. The van der Waals surface area contributed by atoms with Crippen LogP contribution in [0, 0.1) is 5.82 Å². The second-order valence-corrected chi connectivity index (χ2v) is 7.68. The van der Waals surface area contributed by atoms with Crippen molar-refractivity contribution in [3.05, 3.63) is 30.1 Å². The number of hydrogen-bond donors (Lipinski definition) is 0. The number of rotatable bonds is 3. The summed E-state index contributed by atoms with van der Waals surface area (Å²) in [5.41, 5.74) is -0.469. The topological polar surface area (TPSA) is 29.5 Å². The summed E-state index contributed by atoms with van der Waals surface area (Å²) in [6.45, 7) is 6.41. The van der Waals surface area contributed by atoms with E-state index in [1.807, 2.05) is 25.7 Å². The molecule has 0 bridgehead atoms. The van der Waals surface area contributed by atoms with Crippen molar-refractivity contribution in [1.82, 2.24) is 4.90 Å². The van der Waals surface area contributed by atoms with E-state index in [9.17, 15) is 9.18 Å². The normalized spacial score (nSPS) is 19.1. The molecule has 1 heterocycles. The molecule has 22 heavy (non-hydrogen) atoms. The first-order valence-electron chi connectivity index (χ1n) is 7.73. The average molecular weight is 325 g/mol. The first kappa shape index (κ1) is 17.1. The number of piperidine rings is 1. The second kappa shape index (κ2) is 7.36. The van der Waals surface area contributed by atoms with E-state index in [-0.39, 0.29) is 18.0 Å². The van der Waals surface area contributed by atoms with Gasteiger partial charge in [0, 0.05) is 23.2 Å². The molecule has 0 spiro atoms. The summed E-state index contributed by atoms with van der Waals surface area (Å²) < 4.78 is 18.4. The molecule has 1 amide bonds. The highest BCUT2D eigenvalue weighted by Crippen LogP contribution is 2.26. The van der Waals surface area contributed by atoms with E-state index in [0.717, 1.165) is 36.5 Å². The molecule has 5 heteroatoms. The van der Waals surface area contributed by atoms with Crippen LogP contribution in [-0.4, -0.2) is 34.9 Å². The quantitative estimate of drug-likeness (QED) is 0.754. The van der Waals surface area contributed by atoms with E-state index in [1.54, 1.807) is 23.9 Å². The Morgan fingerprint density at radius 2 is 2.00 bits per heavy atom. The number of halogens is 1. The minimum Gasteiger partial charge on any atom is -0.444 e. The van der Waals surface area contributed by atoms with Gasteiger partial charge in [-0.15, -0.1) is 11.8 Å². The van der Waals surface area contributed by atoms with Gasteiger partial charge in [-0.25, -0.2) is 9.18 Å². The van der Waals surface area contributed by atoms with E-state index >= 15 is 0 Å². The highest BCUT2D eigenvalue weighted by atomic mass is 32.2. The molecule has 1 aliphatic heterocycles. The fourth-order valence-electron chi connectivity index (χ4n) is 2.46. The number of nitrogens with zero attached hydrogens (tertiary/aromatic N) is 1. The Labute approximate surface area is 136 Å². The first-order chi connectivity index (χ1) is 10.3. The van der Waals surface area contributed by atoms with Gasteiger partial charge >= 0.3 is 6.09 Å². The number of carbonyl (C=O) groups excluding carboxylic acids is 1. The van der Waals surface area contributed by atoms with E-state index in [0.29, 0.717) is 0 Å². The molecular weight excluding hydrogens is 301 g/mol. The first-order valence-corrected chi connectivity index (χ1v) is 8.72. The molecule has 0 radical (unpaired) electrons. The number of likely N-dealkylation sites (tertiary alicyclic amines) is 1. The Balaban J connectivity index is 1.94. The fourth-order valence-corrected chi connectivity index (χ4v) is 3.52. The van der Waals surface area contributed by atoms with Crippen LogP contribution in [0.1, 0.15) is 40.0 Å². The van der Waals surface area contributed by atoms with Gasteiger partial charge in [-0.2, -0.15) is 0 Å². The molecule has 3 nitrogen and oxygen atoms in total. The maximum absolute atomic E-state index is 12.9. The summed E-state index contributed by atoms with van der Waals surface area (Å²) in [6, 6.07) is 6.67. The third-order valence-corrected chi connectivity index (χ3v) is 4.67. The summed E-state index contributed by atoms with van der Waals surface area (Å²) in [4.78, 5) is 15.2. The van der Waals surface area contributed by atoms with E-state index in [4.69, 9.17) is 4.74 Å². The predicted octanol–water partition coefficient (Wildman–Crippen LogP) is 4.71. The molecule has 1 aromatic rings. The number of amides is 1. The van der Waals surface area contributed by atoms with Crippen LogP contribution in [0.4, 0.5) is 9.18 Å². The van der Waals surface area contributed by atoms with E-state index < -0.39 is 5.60 Å². The molecule has 0 N–H and O–H groups in total. The zero-order chi connectivity index (χ0) is 16.2. The van der Waals surface area contributed by atoms with Crippen molar-refractivity contribution >= 4 is 17.9 Å². The average Bonchev–Trinajstić information content (AvgIpc) is 2.45. The molecule has 1 fully saturated rings. The highest BCUT2D eigenvalue weighted by Gasteiger charge is 2.30. The van der Waals surface area contributed by atoms with Crippen molar-refractivity contribution in [3.63, 3.8) is 0 Å². The Kier molecular flexibility index (Phi) is 5.73. The van der Waals surface area contributed by atoms with Gasteiger partial charge in [-0.1, -0.05) is 0 Å². The zero-order valence-electron chi connectivity index (χ0n) is 13.5. The SMILES string of the molecule is CC(C)(C)OC(=O)N1CCCCC1CSc1ccc(F)cc1.